The first-order valence-corrected chi connectivity index (χ1v) is 11.5. The first kappa shape index (κ1) is 22.8. The third kappa shape index (κ3) is 4.43. The lowest BCUT2D eigenvalue weighted by molar-refractivity contribution is 0.145. The molecule has 0 saturated carbocycles. The van der Waals surface area contributed by atoms with Crippen LogP contribution in [0.4, 0.5) is 19.0 Å². The third-order valence-corrected chi connectivity index (χ3v) is 6.45. The van der Waals surface area contributed by atoms with Gasteiger partial charge in [0.25, 0.3) is 16.4 Å². The molecule has 0 amide bonds. The Labute approximate surface area is 189 Å². The molecule has 0 radical (unpaired) electrons. The molecule has 0 atom stereocenters. The van der Waals surface area contributed by atoms with Crippen LogP contribution in [0.25, 0.3) is 16.6 Å². The van der Waals surface area contributed by atoms with Gasteiger partial charge in [0.1, 0.15) is 17.3 Å². The first-order valence-electron chi connectivity index (χ1n) is 10.0. The molecular formula is C23H21F3N4O2S. The number of sulfonamides is 1. The van der Waals surface area contributed by atoms with Crippen LogP contribution in [-0.2, 0) is 15.4 Å². The molecule has 172 valence electrons. The fourth-order valence-corrected chi connectivity index (χ4v) is 4.55. The van der Waals surface area contributed by atoms with E-state index in [1.807, 2.05) is 0 Å². The molecule has 0 fully saturated rings. The summed E-state index contributed by atoms with van der Waals surface area (Å²) < 4.78 is 70.9. The molecule has 2 aromatic carbocycles. The van der Waals surface area contributed by atoms with E-state index in [0.717, 1.165) is 16.8 Å². The lowest BCUT2D eigenvalue weighted by Crippen LogP contribution is -2.18. The minimum absolute atomic E-state index is 0.207. The Morgan fingerprint density at radius 2 is 1.79 bits per heavy atom. The smallest absolute Gasteiger partial charge is 0.263 e. The van der Waals surface area contributed by atoms with Gasteiger partial charge in [-0.05, 0) is 47.4 Å². The number of benzene rings is 2. The Morgan fingerprint density at radius 3 is 2.45 bits per heavy atom. The standard InChI is InChI=1S/C23H21F3N4O2S/c1-23(2,3)16-10-9-14(12-17(16)24)33(31,32)29-21-13-19(22(25)26)28-30(21)20-8-4-7-18-15(20)6-5-11-27-18/h4-13,22,29H,1-3H3. The fourth-order valence-electron chi connectivity index (χ4n) is 3.50. The van der Waals surface area contributed by atoms with E-state index in [1.54, 1.807) is 57.3 Å². The summed E-state index contributed by atoms with van der Waals surface area (Å²) in [5.41, 5.74) is 0.169. The van der Waals surface area contributed by atoms with Crippen molar-refractivity contribution in [3.05, 3.63) is 77.9 Å². The van der Waals surface area contributed by atoms with Crippen LogP contribution >= 0.6 is 0 Å². The largest absolute Gasteiger partial charge is 0.282 e. The van der Waals surface area contributed by atoms with Crippen molar-refractivity contribution in [2.75, 3.05) is 4.72 Å². The molecule has 0 saturated heterocycles. The molecule has 4 aromatic rings. The number of anilines is 1. The van der Waals surface area contributed by atoms with Crippen LogP contribution < -0.4 is 4.72 Å². The van der Waals surface area contributed by atoms with Crippen molar-refractivity contribution in [2.45, 2.75) is 37.5 Å². The number of rotatable bonds is 5. The average molecular weight is 475 g/mol. The summed E-state index contributed by atoms with van der Waals surface area (Å²) in [6.07, 6.45) is -1.34. The third-order valence-electron chi connectivity index (χ3n) is 5.10. The maximum absolute atomic E-state index is 14.6. The van der Waals surface area contributed by atoms with Crippen LogP contribution in [0.3, 0.4) is 0 Å². The van der Waals surface area contributed by atoms with Crippen LogP contribution in [0.1, 0.15) is 38.5 Å². The normalized spacial score (nSPS) is 12.5. The van der Waals surface area contributed by atoms with Gasteiger partial charge >= 0.3 is 0 Å². The lowest BCUT2D eigenvalue weighted by atomic mass is 9.87. The first-order chi connectivity index (χ1) is 15.5. The highest BCUT2D eigenvalue weighted by molar-refractivity contribution is 7.92. The van der Waals surface area contributed by atoms with Gasteiger partial charge in [0.15, 0.2) is 0 Å². The topological polar surface area (TPSA) is 76.9 Å². The minimum atomic E-state index is -4.31. The van der Waals surface area contributed by atoms with Gasteiger partial charge in [-0.1, -0.05) is 32.9 Å². The number of fused-ring (bicyclic) bond motifs is 1. The Hall–Kier alpha value is -3.40. The second-order valence-corrected chi connectivity index (χ2v) is 10.2. The molecular weight excluding hydrogens is 453 g/mol. The Kier molecular flexibility index (Phi) is 5.65. The van der Waals surface area contributed by atoms with Crippen molar-refractivity contribution in [2.24, 2.45) is 0 Å². The number of halogens is 3. The lowest BCUT2D eigenvalue weighted by Gasteiger charge is -2.20. The monoisotopic (exact) mass is 474 g/mol. The molecule has 0 aliphatic carbocycles. The van der Waals surface area contributed by atoms with Gasteiger partial charge in [-0.15, -0.1) is 0 Å². The van der Waals surface area contributed by atoms with E-state index in [-0.39, 0.29) is 10.7 Å². The van der Waals surface area contributed by atoms with E-state index in [4.69, 9.17) is 0 Å². The number of hydrogen-bond donors (Lipinski definition) is 1. The van der Waals surface area contributed by atoms with E-state index in [0.29, 0.717) is 22.2 Å². The maximum Gasteiger partial charge on any atom is 0.282 e. The number of nitrogens with one attached hydrogen (secondary N) is 1. The summed E-state index contributed by atoms with van der Waals surface area (Å²) in [5, 5.41) is 4.50. The van der Waals surface area contributed by atoms with Crippen molar-refractivity contribution < 1.29 is 21.6 Å². The predicted molar refractivity (Wildman–Crippen MR) is 120 cm³/mol. The summed E-state index contributed by atoms with van der Waals surface area (Å²) in [6.45, 7) is 5.42. The minimum Gasteiger partial charge on any atom is -0.263 e. The number of hydrogen-bond acceptors (Lipinski definition) is 4. The number of pyridine rings is 1. The predicted octanol–water partition coefficient (Wildman–Crippen LogP) is 5.60. The van der Waals surface area contributed by atoms with Gasteiger partial charge in [-0.2, -0.15) is 5.10 Å². The summed E-state index contributed by atoms with van der Waals surface area (Å²) in [7, 11) is -4.31. The van der Waals surface area contributed by atoms with Gasteiger partial charge in [-0.3, -0.25) is 9.71 Å². The number of nitrogens with zero attached hydrogens (tertiary/aromatic N) is 3. The van der Waals surface area contributed by atoms with E-state index < -0.39 is 33.4 Å². The molecule has 10 heteroatoms. The van der Waals surface area contributed by atoms with Gasteiger partial charge in [0.2, 0.25) is 0 Å². The summed E-state index contributed by atoms with van der Waals surface area (Å²) in [4.78, 5) is 3.89. The molecule has 2 aromatic heterocycles. The Bertz CT molecular complexity index is 1440. The molecule has 0 spiro atoms. The van der Waals surface area contributed by atoms with Crippen LogP contribution in [0, 0.1) is 5.82 Å². The zero-order valence-electron chi connectivity index (χ0n) is 18.1. The summed E-state index contributed by atoms with van der Waals surface area (Å²) in [5.74, 6) is -0.880. The molecule has 0 aliphatic rings. The SMILES string of the molecule is CC(C)(C)c1ccc(S(=O)(=O)Nc2cc(C(F)F)nn2-c2cccc3ncccc23)cc1F. The van der Waals surface area contributed by atoms with Gasteiger partial charge < -0.3 is 0 Å². The van der Waals surface area contributed by atoms with Crippen molar-refractivity contribution in [1.82, 2.24) is 14.8 Å². The molecule has 1 N–H and O–H groups in total. The van der Waals surface area contributed by atoms with Crippen LogP contribution in [0.15, 0.2) is 65.7 Å². The zero-order valence-corrected chi connectivity index (χ0v) is 18.9. The second-order valence-electron chi connectivity index (χ2n) is 8.51. The van der Waals surface area contributed by atoms with Gasteiger partial charge in [0, 0.05) is 17.6 Å². The van der Waals surface area contributed by atoms with Gasteiger partial charge in [0.05, 0.1) is 16.1 Å². The highest BCUT2D eigenvalue weighted by Gasteiger charge is 2.25. The summed E-state index contributed by atoms with van der Waals surface area (Å²) >= 11 is 0. The van der Waals surface area contributed by atoms with E-state index in [9.17, 15) is 21.6 Å². The molecule has 33 heavy (non-hydrogen) atoms. The highest BCUT2D eigenvalue weighted by atomic mass is 32.2. The van der Waals surface area contributed by atoms with Crippen molar-refractivity contribution in [3.8, 4) is 5.69 Å². The quantitative estimate of drug-likeness (QED) is 0.409. The molecule has 2 heterocycles. The van der Waals surface area contributed by atoms with E-state index >= 15 is 0 Å². The Morgan fingerprint density at radius 1 is 1.03 bits per heavy atom. The van der Waals surface area contributed by atoms with Crippen LogP contribution in [-0.4, -0.2) is 23.2 Å². The van der Waals surface area contributed by atoms with Crippen LogP contribution in [0.2, 0.25) is 0 Å². The van der Waals surface area contributed by atoms with E-state index in [1.165, 1.54) is 12.1 Å². The zero-order chi connectivity index (χ0) is 24.0. The van der Waals surface area contributed by atoms with Crippen molar-refractivity contribution in [3.63, 3.8) is 0 Å². The van der Waals surface area contributed by atoms with Crippen molar-refractivity contribution >= 4 is 26.7 Å². The molecule has 6 nitrogen and oxygen atoms in total. The molecule has 4 rings (SSSR count). The van der Waals surface area contributed by atoms with E-state index in [2.05, 4.69) is 14.8 Å². The molecule has 0 bridgehead atoms. The fraction of sp³-hybridized carbons (Fsp3) is 0.217. The second kappa shape index (κ2) is 8.18. The Balaban J connectivity index is 1.81. The number of aromatic nitrogens is 3. The van der Waals surface area contributed by atoms with Crippen LogP contribution in [0.5, 0.6) is 0 Å². The number of alkyl halides is 2. The maximum atomic E-state index is 14.6. The van der Waals surface area contributed by atoms with Crippen molar-refractivity contribution in [1.29, 1.82) is 0 Å². The van der Waals surface area contributed by atoms with Gasteiger partial charge in [-0.25, -0.2) is 26.3 Å². The summed E-state index contributed by atoms with van der Waals surface area (Å²) in [6, 6.07) is 13.0. The molecule has 0 aliphatic heterocycles. The average Bonchev–Trinajstić information content (AvgIpc) is 3.15. The highest BCUT2D eigenvalue weighted by Crippen LogP contribution is 2.31. The molecule has 0 unspecified atom stereocenters.